The summed E-state index contributed by atoms with van der Waals surface area (Å²) < 4.78 is 6.20. The Morgan fingerprint density at radius 3 is 2.08 bits per heavy atom. The van der Waals surface area contributed by atoms with Crippen molar-refractivity contribution in [1.82, 2.24) is 9.97 Å². The van der Waals surface area contributed by atoms with Crippen molar-refractivity contribution in [3.8, 4) is 11.6 Å². The van der Waals surface area contributed by atoms with Gasteiger partial charge in [-0.2, -0.15) is 4.98 Å². The first-order valence-corrected chi connectivity index (χ1v) is 8.73. The van der Waals surface area contributed by atoms with Gasteiger partial charge >= 0.3 is 0 Å². The van der Waals surface area contributed by atoms with Crippen LogP contribution in [-0.4, -0.2) is 16.0 Å². The van der Waals surface area contributed by atoms with E-state index in [-0.39, 0.29) is 0 Å². The van der Waals surface area contributed by atoms with E-state index in [0.29, 0.717) is 17.7 Å². The Morgan fingerprint density at radius 2 is 1.54 bits per heavy atom. The van der Waals surface area contributed by atoms with E-state index in [9.17, 15) is 0 Å². The van der Waals surface area contributed by atoms with Gasteiger partial charge < -0.3 is 10.1 Å². The number of hydrogen-bond acceptors (Lipinski definition) is 4. The molecule has 1 heterocycles. The van der Waals surface area contributed by atoms with Gasteiger partial charge in [-0.05, 0) is 58.6 Å². The Kier molecular flexibility index (Phi) is 5.81. The lowest BCUT2D eigenvalue weighted by Crippen LogP contribution is -2.19. The summed E-state index contributed by atoms with van der Waals surface area (Å²) in [6, 6.07) is 4.68. The predicted octanol–water partition coefficient (Wildman–Crippen LogP) is 5.41. The van der Waals surface area contributed by atoms with Crippen LogP contribution < -0.4 is 10.1 Å². The molecule has 2 aromatic rings. The molecule has 1 N–H and O–H groups in total. The predicted molar refractivity (Wildman–Crippen MR) is 100 cm³/mol. The topological polar surface area (TPSA) is 47.0 Å². The summed E-state index contributed by atoms with van der Waals surface area (Å²) >= 11 is 0. The molecule has 130 valence electrons. The number of rotatable bonds is 6. The van der Waals surface area contributed by atoms with Crippen molar-refractivity contribution in [2.45, 2.75) is 67.3 Å². The third kappa shape index (κ3) is 4.05. The van der Waals surface area contributed by atoms with E-state index >= 15 is 0 Å². The largest absolute Gasteiger partial charge is 0.438 e. The molecule has 0 fully saturated rings. The fourth-order valence-electron chi connectivity index (χ4n) is 2.95. The van der Waals surface area contributed by atoms with E-state index < -0.39 is 0 Å². The van der Waals surface area contributed by atoms with Gasteiger partial charge in [-0.25, -0.2) is 4.98 Å². The Morgan fingerprint density at radius 1 is 0.958 bits per heavy atom. The Bertz CT molecular complexity index is 698. The summed E-state index contributed by atoms with van der Waals surface area (Å²) in [5, 5.41) is 3.52. The van der Waals surface area contributed by atoms with Crippen molar-refractivity contribution in [1.29, 1.82) is 0 Å². The van der Waals surface area contributed by atoms with Gasteiger partial charge in [0.05, 0.1) is 5.56 Å². The number of ether oxygens (including phenoxy) is 1. The molecule has 4 nitrogen and oxygen atoms in total. The number of hydrogen-bond donors (Lipinski definition) is 1. The molecule has 0 spiro atoms. The van der Waals surface area contributed by atoms with E-state index in [1.165, 1.54) is 5.56 Å². The highest BCUT2D eigenvalue weighted by atomic mass is 16.5. The average Bonchev–Trinajstić information content (AvgIpc) is 2.52. The lowest BCUT2D eigenvalue weighted by atomic mass is 10.1. The Hall–Kier alpha value is -2.10. The van der Waals surface area contributed by atoms with Crippen LogP contribution in [0.15, 0.2) is 12.1 Å². The minimum Gasteiger partial charge on any atom is -0.438 e. The number of anilines is 1. The molecule has 1 aromatic heterocycles. The number of aromatic nitrogens is 2. The maximum atomic E-state index is 6.20. The number of aryl methyl sites for hydroxylation is 4. The van der Waals surface area contributed by atoms with Crippen LogP contribution in [0.3, 0.4) is 0 Å². The second-order valence-corrected chi connectivity index (χ2v) is 6.54. The molecular formula is C20H29N3O. The highest BCUT2D eigenvalue weighted by Gasteiger charge is 2.15. The highest BCUT2D eigenvalue weighted by Crippen LogP contribution is 2.32. The Balaban J connectivity index is 2.39. The molecule has 0 bridgehead atoms. The van der Waals surface area contributed by atoms with E-state index in [1.54, 1.807) is 0 Å². The van der Waals surface area contributed by atoms with Gasteiger partial charge in [0, 0.05) is 6.04 Å². The van der Waals surface area contributed by atoms with Crippen molar-refractivity contribution in [2.75, 3.05) is 5.32 Å². The second kappa shape index (κ2) is 7.65. The zero-order chi connectivity index (χ0) is 17.9. The molecular weight excluding hydrogens is 298 g/mol. The summed E-state index contributed by atoms with van der Waals surface area (Å²) in [6.07, 6.45) is 2.12. The lowest BCUT2D eigenvalue weighted by molar-refractivity contribution is 0.449. The minimum absolute atomic E-state index is 0.411. The van der Waals surface area contributed by atoms with E-state index in [1.807, 2.05) is 13.8 Å². The molecule has 0 aliphatic heterocycles. The SMILES string of the molecule is CCC(CC)Nc1nc(C)nc(Oc2c(C)cc(C)cc2C)c1C. The number of nitrogens with zero attached hydrogens (tertiary/aromatic N) is 2. The standard InChI is InChI=1S/C20H29N3O/c1-8-17(9-2)23-19-15(6)20(22-16(7)21-19)24-18-13(4)10-12(3)11-14(18)5/h10-11,17H,8-9H2,1-7H3,(H,21,22,23). The highest BCUT2D eigenvalue weighted by molar-refractivity contribution is 5.52. The summed E-state index contributed by atoms with van der Waals surface area (Å²) in [7, 11) is 0. The molecule has 0 amide bonds. The van der Waals surface area contributed by atoms with Crippen LogP contribution in [0.2, 0.25) is 0 Å². The first-order valence-electron chi connectivity index (χ1n) is 8.73. The van der Waals surface area contributed by atoms with E-state index in [4.69, 9.17) is 4.74 Å². The molecule has 0 unspecified atom stereocenters. The summed E-state index contributed by atoms with van der Waals surface area (Å²) in [5.41, 5.74) is 4.44. The van der Waals surface area contributed by atoms with Crippen LogP contribution in [0.1, 0.15) is 54.8 Å². The van der Waals surface area contributed by atoms with Crippen molar-refractivity contribution < 1.29 is 4.74 Å². The Labute approximate surface area is 145 Å². The second-order valence-electron chi connectivity index (χ2n) is 6.54. The van der Waals surface area contributed by atoms with Gasteiger partial charge in [-0.15, -0.1) is 0 Å². The van der Waals surface area contributed by atoms with Gasteiger partial charge in [0.2, 0.25) is 5.88 Å². The molecule has 0 aliphatic carbocycles. The van der Waals surface area contributed by atoms with Gasteiger partial charge in [0.25, 0.3) is 0 Å². The lowest BCUT2D eigenvalue weighted by Gasteiger charge is -2.19. The molecule has 0 aliphatic rings. The third-order valence-corrected chi connectivity index (χ3v) is 4.34. The molecule has 24 heavy (non-hydrogen) atoms. The summed E-state index contributed by atoms with van der Waals surface area (Å²) in [5.74, 6) is 3.10. The van der Waals surface area contributed by atoms with Crippen LogP contribution in [0.5, 0.6) is 11.6 Å². The van der Waals surface area contributed by atoms with Gasteiger partial charge in [0.15, 0.2) is 0 Å². The quantitative estimate of drug-likeness (QED) is 0.770. The molecule has 0 atom stereocenters. The van der Waals surface area contributed by atoms with Gasteiger partial charge in [0.1, 0.15) is 17.4 Å². The zero-order valence-electron chi connectivity index (χ0n) is 15.9. The monoisotopic (exact) mass is 327 g/mol. The van der Waals surface area contributed by atoms with Gasteiger partial charge in [-0.3, -0.25) is 0 Å². The van der Waals surface area contributed by atoms with E-state index in [0.717, 1.165) is 41.1 Å². The zero-order valence-corrected chi connectivity index (χ0v) is 15.9. The molecule has 4 heteroatoms. The minimum atomic E-state index is 0.411. The van der Waals surface area contributed by atoms with Crippen LogP contribution >= 0.6 is 0 Å². The first kappa shape index (κ1) is 18.2. The maximum absolute atomic E-state index is 6.20. The van der Waals surface area contributed by atoms with Gasteiger partial charge in [-0.1, -0.05) is 31.5 Å². The fourth-order valence-corrected chi connectivity index (χ4v) is 2.95. The van der Waals surface area contributed by atoms with Crippen molar-refractivity contribution >= 4 is 5.82 Å². The molecule has 0 radical (unpaired) electrons. The third-order valence-electron chi connectivity index (χ3n) is 4.34. The number of benzene rings is 1. The maximum Gasteiger partial charge on any atom is 0.227 e. The molecule has 0 saturated carbocycles. The first-order chi connectivity index (χ1) is 11.3. The number of nitrogens with one attached hydrogen (secondary N) is 1. The fraction of sp³-hybridized carbons (Fsp3) is 0.500. The van der Waals surface area contributed by atoms with Crippen LogP contribution in [-0.2, 0) is 0 Å². The van der Waals surface area contributed by atoms with Crippen LogP contribution in [0, 0.1) is 34.6 Å². The smallest absolute Gasteiger partial charge is 0.227 e. The van der Waals surface area contributed by atoms with Crippen molar-refractivity contribution in [3.05, 3.63) is 40.2 Å². The van der Waals surface area contributed by atoms with Crippen molar-refractivity contribution in [2.24, 2.45) is 0 Å². The van der Waals surface area contributed by atoms with Crippen LogP contribution in [0.4, 0.5) is 5.82 Å². The normalized spacial score (nSPS) is 11.0. The molecule has 1 aromatic carbocycles. The average molecular weight is 327 g/mol. The van der Waals surface area contributed by atoms with Crippen LogP contribution in [0.25, 0.3) is 0 Å². The summed E-state index contributed by atoms with van der Waals surface area (Å²) in [4.78, 5) is 9.09. The summed E-state index contributed by atoms with van der Waals surface area (Å²) in [6.45, 7) is 14.5. The van der Waals surface area contributed by atoms with E-state index in [2.05, 4.69) is 62.0 Å². The van der Waals surface area contributed by atoms with Crippen molar-refractivity contribution in [3.63, 3.8) is 0 Å². The molecule has 0 saturated heterocycles. The molecule has 2 rings (SSSR count).